The Morgan fingerprint density at radius 2 is 2.08 bits per heavy atom. The van der Waals surface area contributed by atoms with Gasteiger partial charge in [-0.3, -0.25) is 4.90 Å². The molecule has 2 atom stereocenters. The van der Waals surface area contributed by atoms with Crippen LogP contribution in [-0.2, 0) is 13.1 Å². The summed E-state index contributed by atoms with van der Waals surface area (Å²) in [6.07, 6.45) is -1.06. The highest BCUT2D eigenvalue weighted by molar-refractivity contribution is 5.30. The van der Waals surface area contributed by atoms with Gasteiger partial charge in [-0.05, 0) is 24.0 Å². The number of halogens is 3. The minimum atomic E-state index is -4.66. The second-order valence-electron chi connectivity index (χ2n) is 6.98. The zero-order valence-electron chi connectivity index (χ0n) is 14.1. The second kappa shape index (κ2) is 6.92. The van der Waals surface area contributed by atoms with Crippen molar-refractivity contribution in [1.82, 2.24) is 14.9 Å². The Labute approximate surface area is 149 Å². The first kappa shape index (κ1) is 17.4. The molecule has 8 heteroatoms. The van der Waals surface area contributed by atoms with Crippen molar-refractivity contribution in [2.45, 2.75) is 19.5 Å². The maximum atomic E-state index is 12.3. The lowest BCUT2D eigenvalue weighted by atomic mass is 10.2. The van der Waals surface area contributed by atoms with Crippen LogP contribution in [0, 0.1) is 17.8 Å². The Kier molecular flexibility index (Phi) is 4.62. The number of nitrogens with one attached hydrogen (secondary N) is 1. The minimum absolute atomic E-state index is 0.193. The van der Waals surface area contributed by atoms with E-state index in [1.165, 1.54) is 12.1 Å². The maximum absolute atomic E-state index is 12.3. The van der Waals surface area contributed by atoms with Crippen molar-refractivity contribution < 1.29 is 17.9 Å². The topological polar surface area (TPSA) is 55.2 Å². The lowest BCUT2D eigenvalue weighted by Crippen LogP contribution is -2.25. The van der Waals surface area contributed by atoms with Gasteiger partial charge in [-0.1, -0.05) is 23.6 Å². The van der Waals surface area contributed by atoms with E-state index in [0.717, 1.165) is 37.6 Å². The fourth-order valence-electron chi connectivity index (χ4n) is 3.92. The molecule has 2 unspecified atom stereocenters. The van der Waals surface area contributed by atoms with Crippen LogP contribution < -0.4 is 4.74 Å². The number of likely N-dealkylation sites (tertiary alicyclic amines) is 1. The van der Waals surface area contributed by atoms with E-state index in [4.69, 9.17) is 0 Å². The quantitative estimate of drug-likeness (QED) is 0.816. The molecule has 2 aliphatic rings. The van der Waals surface area contributed by atoms with Crippen LogP contribution in [0.3, 0.4) is 0 Å². The van der Waals surface area contributed by atoms with Crippen LogP contribution in [0.1, 0.15) is 11.4 Å². The summed E-state index contributed by atoms with van der Waals surface area (Å²) in [5.74, 6) is 2.79. The predicted molar refractivity (Wildman–Crippen MR) is 89.4 cm³/mol. The van der Waals surface area contributed by atoms with E-state index in [1.807, 2.05) is 6.20 Å². The molecule has 2 fully saturated rings. The normalized spacial score (nSPS) is 25.3. The summed E-state index contributed by atoms with van der Waals surface area (Å²) in [5, 5.41) is 4.55. The number of ether oxygens (including phenoxy) is 1. The summed E-state index contributed by atoms with van der Waals surface area (Å²) in [6, 6.07) is 6.03. The van der Waals surface area contributed by atoms with Crippen LogP contribution >= 0.6 is 0 Å². The Bertz CT molecular complexity index is 722. The summed E-state index contributed by atoms with van der Waals surface area (Å²) in [5.41, 5.74) is 0.733. The molecule has 1 aliphatic carbocycles. The van der Waals surface area contributed by atoms with Gasteiger partial charge in [-0.2, -0.15) is 0 Å². The van der Waals surface area contributed by atoms with Crippen LogP contribution in [0.4, 0.5) is 13.2 Å². The zero-order chi connectivity index (χ0) is 18.1. The molecule has 26 heavy (non-hydrogen) atoms. The molecule has 1 saturated carbocycles. The van der Waals surface area contributed by atoms with Gasteiger partial charge >= 0.3 is 6.36 Å². The zero-order valence-corrected chi connectivity index (χ0v) is 14.1. The molecule has 1 N–H and O–H groups in total. The number of benzene rings is 1. The number of piperidine rings is 1. The van der Waals surface area contributed by atoms with Crippen LogP contribution in [-0.4, -0.2) is 40.9 Å². The average Bonchev–Trinajstić information content (AvgIpc) is 2.97. The van der Waals surface area contributed by atoms with Gasteiger partial charge in [-0.15, -0.1) is 26.3 Å². The van der Waals surface area contributed by atoms with Gasteiger partial charge in [-0.25, -0.2) is 4.98 Å². The lowest BCUT2D eigenvalue weighted by molar-refractivity contribution is -0.274. The van der Waals surface area contributed by atoms with Crippen molar-refractivity contribution in [3.63, 3.8) is 0 Å². The fourth-order valence-corrected chi connectivity index (χ4v) is 3.92. The molecule has 140 valence electrons. The Balaban J connectivity index is 1.19. The first-order valence-electron chi connectivity index (χ1n) is 8.66. The number of H-pyrrole nitrogens is 1. The maximum Gasteiger partial charge on any atom is 0.573 e. The van der Waals surface area contributed by atoms with E-state index >= 15 is 0 Å². The third-order valence-corrected chi connectivity index (χ3v) is 5.14. The van der Waals surface area contributed by atoms with Gasteiger partial charge in [0.25, 0.3) is 0 Å². The molecule has 0 amide bonds. The Morgan fingerprint density at radius 3 is 2.77 bits per heavy atom. The Hall–Kier alpha value is -2.06. The minimum Gasteiger partial charge on any atom is -0.658 e. The number of alkyl halides is 3. The third kappa shape index (κ3) is 4.19. The summed E-state index contributed by atoms with van der Waals surface area (Å²) in [6.45, 7) is 4.19. The molecule has 0 bridgehead atoms. The Morgan fingerprint density at radius 1 is 1.27 bits per heavy atom. The number of aromatic amines is 1. The average molecular weight is 365 g/mol. The molecule has 1 aliphatic heterocycles. The molecule has 1 saturated heterocycles. The summed E-state index contributed by atoms with van der Waals surface area (Å²) in [7, 11) is 0. The standard InChI is InChI=1S/C18H20F3N4O/c19-18(20,21)26-13-3-1-2-12(6-13)7-22-8-14-15-9-25(10-16(14)15)11-17-23-4-5-24-17/h1-6,14-16H,7-11H2,(H,23,24)/q-1. The van der Waals surface area contributed by atoms with E-state index in [0.29, 0.717) is 24.3 Å². The molecule has 0 radical (unpaired) electrons. The van der Waals surface area contributed by atoms with Crippen molar-refractivity contribution in [1.29, 1.82) is 0 Å². The molecule has 2 aromatic rings. The molecule has 4 rings (SSSR count). The summed E-state index contributed by atoms with van der Waals surface area (Å²) < 4.78 is 40.7. The number of hydrogen-bond acceptors (Lipinski definition) is 3. The van der Waals surface area contributed by atoms with Gasteiger partial charge in [0, 0.05) is 25.5 Å². The third-order valence-electron chi connectivity index (χ3n) is 5.14. The second-order valence-corrected chi connectivity index (χ2v) is 6.98. The number of aromatic nitrogens is 2. The molecule has 1 aromatic heterocycles. The van der Waals surface area contributed by atoms with Crippen molar-refractivity contribution >= 4 is 0 Å². The van der Waals surface area contributed by atoms with Gasteiger partial charge in [0.2, 0.25) is 0 Å². The lowest BCUT2D eigenvalue weighted by Gasteiger charge is -2.23. The molecule has 0 spiro atoms. The SMILES string of the molecule is FC(F)(F)Oc1cccc(C[N-]CC2C3CN(Cc4ncc[nH]4)CC23)c1. The summed E-state index contributed by atoms with van der Waals surface area (Å²) in [4.78, 5) is 9.78. The highest BCUT2D eigenvalue weighted by Gasteiger charge is 2.53. The van der Waals surface area contributed by atoms with Crippen molar-refractivity contribution in [3.8, 4) is 5.75 Å². The van der Waals surface area contributed by atoms with Gasteiger partial charge < -0.3 is 15.0 Å². The number of rotatable bonds is 7. The molecule has 1 aromatic carbocycles. The summed E-state index contributed by atoms with van der Waals surface area (Å²) >= 11 is 0. The van der Waals surface area contributed by atoms with E-state index in [9.17, 15) is 13.2 Å². The largest absolute Gasteiger partial charge is 0.658 e. The van der Waals surface area contributed by atoms with Crippen LogP contribution in [0.25, 0.3) is 5.32 Å². The molecule has 5 nitrogen and oxygen atoms in total. The molecule has 2 heterocycles. The highest BCUT2D eigenvalue weighted by Crippen LogP contribution is 2.52. The number of fused-ring (bicyclic) bond motifs is 1. The van der Waals surface area contributed by atoms with E-state index < -0.39 is 6.36 Å². The van der Waals surface area contributed by atoms with E-state index in [-0.39, 0.29) is 5.75 Å². The number of imidazole rings is 1. The number of hydrogen-bond donors (Lipinski definition) is 1. The predicted octanol–water partition coefficient (Wildman–Crippen LogP) is 3.56. The van der Waals surface area contributed by atoms with Gasteiger partial charge in [0.15, 0.2) is 0 Å². The first-order chi connectivity index (χ1) is 12.5. The fraction of sp³-hybridized carbons (Fsp3) is 0.500. The van der Waals surface area contributed by atoms with Crippen LogP contribution in [0.15, 0.2) is 36.7 Å². The van der Waals surface area contributed by atoms with Gasteiger partial charge in [0.1, 0.15) is 11.6 Å². The van der Waals surface area contributed by atoms with E-state index in [2.05, 4.69) is 24.9 Å². The van der Waals surface area contributed by atoms with E-state index in [1.54, 1.807) is 18.3 Å². The first-order valence-corrected chi connectivity index (χ1v) is 8.66. The van der Waals surface area contributed by atoms with Crippen molar-refractivity contribution in [2.75, 3.05) is 19.6 Å². The van der Waals surface area contributed by atoms with Crippen molar-refractivity contribution in [2.24, 2.45) is 17.8 Å². The number of nitrogens with zero attached hydrogens (tertiary/aromatic N) is 3. The molecular weight excluding hydrogens is 345 g/mol. The van der Waals surface area contributed by atoms with Gasteiger partial charge in [0.05, 0.1) is 6.54 Å². The monoisotopic (exact) mass is 365 g/mol. The van der Waals surface area contributed by atoms with Crippen molar-refractivity contribution in [3.05, 3.63) is 53.4 Å². The molecular formula is C18H20F3N4O-. The van der Waals surface area contributed by atoms with Crippen LogP contribution in [0.2, 0.25) is 0 Å². The smallest absolute Gasteiger partial charge is 0.573 e. The highest BCUT2D eigenvalue weighted by atomic mass is 19.4. The van der Waals surface area contributed by atoms with Crippen LogP contribution in [0.5, 0.6) is 5.75 Å².